The zero-order chi connectivity index (χ0) is 33.9. The van der Waals surface area contributed by atoms with Crippen molar-refractivity contribution in [1.29, 1.82) is 5.26 Å². The van der Waals surface area contributed by atoms with E-state index in [-0.39, 0.29) is 0 Å². The highest BCUT2D eigenvalue weighted by Gasteiger charge is 2.49. The van der Waals surface area contributed by atoms with Crippen molar-refractivity contribution in [1.82, 2.24) is 9.97 Å². The molecule has 0 bridgehead atoms. The summed E-state index contributed by atoms with van der Waals surface area (Å²) in [5, 5.41) is 9.43. The molecule has 3 nitrogen and oxygen atoms in total. The van der Waals surface area contributed by atoms with Gasteiger partial charge in [-0.3, -0.25) is 0 Å². The van der Waals surface area contributed by atoms with Gasteiger partial charge in [0.2, 0.25) is 0 Å². The molecule has 2 aliphatic rings. The highest BCUT2D eigenvalue weighted by molar-refractivity contribution is 5.98. The topological polar surface area (TPSA) is 49.6 Å². The maximum absolute atomic E-state index is 9.43. The van der Waals surface area contributed by atoms with Gasteiger partial charge in [-0.1, -0.05) is 140 Å². The Labute approximate surface area is 296 Å². The molecule has 0 saturated carbocycles. The van der Waals surface area contributed by atoms with Gasteiger partial charge in [0.1, 0.15) is 0 Å². The third-order valence-corrected chi connectivity index (χ3v) is 10.6. The van der Waals surface area contributed by atoms with Crippen LogP contribution in [-0.4, -0.2) is 9.97 Å². The lowest BCUT2D eigenvalue weighted by atomic mass is 9.66. The fraction of sp³-hybridized carbons (Fsp3) is 0.0208. The molecule has 8 aromatic rings. The van der Waals surface area contributed by atoms with Gasteiger partial charge in [-0.15, -0.1) is 0 Å². The number of rotatable bonds is 3. The van der Waals surface area contributed by atoms with Gasteiger partial charge >= 0.3 is 0 Å². The van der Waals surface area contributed by atoms with Crippen LogP contribution in [0.25, 0.3) is 67.3 Å². The minimum absolute atomic E-state index is 0.523. The Balaban J connectivity index is 1.28. The molecular weight excluding hydrogens is 619 g/mol. The second-order valence-corrected chi connectivity index (χ2v) is 13.2. The molecule has 0 fully saturated rings. The van der Waals surface area contributed by atoms with Crippen LogP contribution in [0.1, 0.15) is 27.8 Å². The van der Waals surface area contributed by atoms with E-state index in [1.165, 1.54) is 55.6 Å². The Morgan fingerprint density at radius 3 is 1.41 bits per heavy atom. The molecule has 10 rings (SSSR count). The summed E-state index contributed by atoms with van der Waals surface area (Å²) >= 11 is 0. The van der Waals surface area contributed by atoms with Crippen LogP contribution < -0.4 is 0 Å². The summed E-state index contributed by atoms with van der Waals surface area (Å²) in [6.45, 7) is 0. The van der Waals surface area contributed by atoms with E-state index in [2.05, 4.69) is 140 Å². The van der Waals surface area contributed by atoms with Gasteiger partial charge in [0.25, 0.3) is 0 Å². The molecule has 1 spiro atoms. The number of aromatic nitrogens is 2. The van der Waals surface area contributed by atoms with Crippen LogP contribution >= 0.6 is 0 Å². The average molecular weight is 648 g/mol. The highest BCUT2D eigenvalue weighted by atomic mass is 14.9. The van der Waals surface area contributed by atoms with Crippen LogP contribution in [0.2, 0.25) is 0 Å². The van der Waals surface area contributed by atoms with E-state index in [0.717, 1.165) is 28.1 Å². The van der Waals surface area contributed by atoms with Gasteiger partial charge in [0.15, 0.2) is 5.82 Å². The molecule has 0 saturated heterocycles. The molecule has 3 heteroatoms. The van der Waals surface area contributed by atoms with E-state index < -0.39 is 5.41 Å². The minimum atomic E-state index is -0.523. The normalized spacial score (nSPS) is 12.8. The Morgan fingerprint density at radius 2 is 0.824 bits per heavy atom. The van der Waals surface area contributed by atoms with Crippen LogP contribution in [0.4, 0.5) is 0 Å². The molecule has 0 unspecified atom stereocenters. The molecular formula is C48H29N3. The zero-order valence-electron chi connectivity index (χ0n) is 27.6. The van der Waals surface area contributed by atoms with Gasteiger partial charge in [-0.05, 0) is 92.0 Å². The summed E-state index contributed by atoms with van der Waals surface area (Å²) in [6.07, 6.45) is 0. The van der Waals surface area contributed by atoms with Crippen molar-refractivity contribution in [2.24, 2.45) is 0 Å². The Morgan fingerprint density at radius 1 is 0.373 bits per heavy atom. The Hall–Kier alpha value is -6.89. The first-order chi connectivity index (χ1) is 25.2. The van der Waals surface area contributed by atoms with Crippen molar-refractivity contribution in [2.75, 3.05) is 0 Å². The second kappa shape index (κ2) is 11.3. The molecule has 0 N–H and O–H groups in total. The van der Waals surface area contributed by atoms with Crippen LogP contribution in [0.3, 0.4) is 0 Å². The molecule has 236 valence electrons. The lowest BCUT2D eigenvalue weighted by Crippen LogP contribution is -2.29. The van der Waals surface area contributed by atoms with Crippen LogP contribution in [-0.2, 0) is 5.41 Å². The average Bonchev–Trinajstić information content (AvgIpc) is 3.46. The first-order valence-electron chi connectivity index (χ1n) is 17.2. The monoisotopic (exact) mass is 647 g/mol. The number of benzene rings is 7. The van der Waals surface area contributed by atoms with E-state index in [4.69, 9.17) is 9.97 Å². The Kier molecular flexibility index (Phi) is 6.46. The maximum atomic E-state index is 9.43. The molecule has 0 amide bonds. The molecule has 51 heavy (non-hydrogen) atoms. The minimum Gasteiger partial charge on any atom is -0.228 e. The van der Waals surface area contributed by atoms with Gasteiger partial charge in [0.05, 0.1) is 28.4 Å². The highest BCUT2D eigenvalue weighted by Crippen LogP contribution is 2.61. The van der Waals surface area contributed by atoms with Crippen molar-refractivity contribution >= 4 is 0 Å². The van der Waals surface area contributed by atoms with E-state index in [9.17, 15) is 5.26 Å². The number of nitrogens with zero attached hydrogens (tertiary/aromatic N) is 3. The number of fused-ring (bicyclic) bond motifs is 12. The SMILES string of the molecule is N#Cc1ccc(-c2nc(-c3ccccc3)cc(-c3ccc4c(c3)-c3ccccc3-c3ccccc3C43c4ccccc4-c4ccccc43)n2)cc1. The molecule has 2 aliphatic carbocycles. The number of hydrogen-bond donors (Lipinski definition) is 0. The predicted octanol–water partition coefficient (Wildman–Crippen LogP) is 11.4. The van der Waals surface area contributed by atoms with Crippen LogP contribution in [0, 0.1) is 11.3 Å². The summed E-state index contributed by atoms with van der Waals surface area (Å²) in [5.41, 5.74) is 17.2. The molecule has 0 aliphatic heterocycles. The van der Waals surface area contributed by atoms with Gasteiger partial charge in [-0.25, -0.2) is 9.97 Å². The largest absolute Gasteiger partial charge is 0.228 e. The Bertz CT molecular complexity index is 2660. The first kappa shape index (κ1) is 29.1. The van der Waals surface area contributed by atoms with Crippen molar-refractivity contribution in [2.45, 2.75) is 5.41 Å². The van der Waals surface area contributed by atoms with Crippen molar-refractivity contribution in [3.8, 4) is 73.4 Å². The van der Waals surface area contributed by atoms with Gasteiger partial charge in [0, 0.05) is 16.7 Å². The summed E-state index contributed by atoms with van der Waals surface area (Å²) in [6, 6.07) is 64.6. The van der Waals surface area contributed by atoms with E-state index in [1.807, 2.05) is 42.5 Å². The molecule has 1 aromatic heterocycles. The predicted molar refractivity (Wildman–Crippen MR) is 205 cm³/mol. The summed E-state index contributed by atoms with van der Waals surface area (Å²) in [4.78, 5) is 10.2. The molecule has 0 radical (unpaired) electrons. The fourth-order valence-corrected chi connectivity index (χ4v) is 8.39. The fourth-order valence-electron chi connectivity index (χ4n) is 8.39. The third kappa shape index (κ3) is 4.30. The van der Waals surface area contributed by atoms with Crippen molar-refractivity contribution in [3.05, 3.63) is 204 Å². The quantitative estimate of drug-likeness (QED) is 0.192. The number of nitriles is 1. The van der Waals surface area contributed by atoms with Gasteiger partial charge < -0.3 is 0 Å². The lowest BCUT2D eigenvalue weighted by Gasteiger charge is -2.35. The standard InChI is InChI=1S/C48H29N3/c49-30-31-22-24-33(25-23-31)47-50-45(32-12-2-1-3-13-32)29-46(51-47)34-26-27-44-40(28-34)36-15-5-4-14-35(36)37-16-6-9-19-41(37)48(44)42-20-10-7-17-38(42)39-18-8-11-21-43(39)48/h1-29H. The summed E-state index contributed by atoms with van der Waals surface area (Å²) in [7, 11) is 0. The second-order valence-electron chi connectivity index (χ2n) is 13.2. The smallest absolute Gasteiger partial charge is 0.160 e. The number of hydrogen-bond acceptors (Lipinski definition) is 3. The third-order valence-electron chi connectivity index (χ3n) is 10.6. The van der Waals surface area contributed by atoms with E-state index in [0.29, 0.717) is 11.4 Å². The summed E-state index contributed by atoms with van der Waals surface area (Å²) < 4.78 is 0. The molecule has 0 atom stereocenters. The first-order valence-corrected chi connectivity index (χ1v) is 17.2. The van der Waals surface area contributed by atoms with Gasteiger partial charge in [-0.2, -0.15) is 5.26 Å². The van der Waals surface area contributed by atoms with E-state index >= 15 is 0 Å². The van der Waals surface area contributed by atoms with Crippen LogP contribution in [0.5, 0.6) is 0 Å². The summed E-state index contributed by atoms with van der Waals surface area (Å²) in [5.74, 6) is 0.619. The van der Waals surface area contributed by atoms with Crippen LogP contribution in [0.15, 0.2) is 176 Å². The van der Waals surface area contributed by atoms with E-state index in [1.54, 1.807) is 0 Å². The molecule has 7 aromatic carbocycles. The lowest BCUT2D eigenvalue weighted by molar-refractivity contribution is 0.775. The maximum Gasteiger partial charge on any atom is 0.160 e. The zero-order valence-corrected chi connectivity index (χ0v) is 27.6. The van der Waals surface area contributed by atoms with Crippen molar-refractivity contribution in [3.63, 3.8) is 0 Å². The molecule has 1 heterocycles. The van der Waals surface area contributed by atoms with Crippen molar-refractivity contribution < 1.29 is 0 Å².